The van der Waals surface area contributed by atoms with E-state index in [-0.39, 0.29) is 0 Å². The summed E-state index contributed by atoms with van der Waals surface area (Å²) in [6, 6.07) is 13.6. The lowest BCUT2D eigenvalue weighted by atomic mass is 10.1. The molecule has 6 nitrogen and oxygen atoms in total. The quantitative estimate of drug-likeness (QED) is 0.773. The van der Waals surface area contributed by atoms with Gasteiger partial charge >= 0.3 is 0 Å². The fraction of sp³-hybridized carbons (Fsp3) is 0.316. The molecule has 1 saturated heterocycles. The SMILES string of the molecule is N#Cc1cccnc1NC[C@@H]1CCN(Cc2nc3ccccc3o2)C1. The minimum absolute atomic E-state index is 0.526. The Bertz CT molecular complexity index is 880. The largest absolute Gasteiger partial charge is 0.439 e. The highest BCUT2D eigenvalue weighted by molar-refractivity contribution is 5.72. The van der Waals surface area contributed by atoms with E-state index >= 15 is 0 Å². The summed E-state index contributed by atoms with van der Waals surface area (Å²) in [4.78, 5) is 11.2. The standard InChI is InChI=1S/C19H19N5O/c20-10-15-4-3-8-21-19(15)22-11-14-7-9-24(12-14)13-18-23-16-5-1-2-6-17(16)25-18/h1-6,8,14H,7,9,11-13H2,(H,21,22)/t14-/m0/s1. The molecule has 3 aromatic rings. The fourth-order valence-electron chi connectivity index (χ4n) is 3.28. The van der Waals surface area contributed by atoms with Crippen molar-refractivity contribution in [3.8, 4) is 6.07 Å². The average Bonchev–Trinajstić information content (AvgIpc) is 3.26. The van der Waals surface area contributed by atoms with E-state index in [1.54, 1.807) is 18.3 Å². The van der Waals surface area contributed by atoms with Crippen molar-refractivity contribution >= 4 is 16.9 Å². The Labute approximate surface area is 146 Å². The lowest BCUT2D eigenvalue weighted by Crippen LogP contribution is -2.23. The summed E-state index contributed by atoms with van der Waals surface area (Å²) in [5.74, 6) is 1.96. The molecule has 0 radical (unpaired) electrons. The van der Waals surface area contributed by atoms with E-state index in [0.29, 0.717) is 17.3 Å². The number of para-hydroxylation sites is 2. The second-order valence-corrected chi connectivity index (χ2v) is 6.36. The summed E-state index contributed by atoms with van der Waals surface area (Å²) >= 11 is 0. The van der Waals surface area contributed by atoms with Gasteiger partial charge in [-0.1, -0.05) is 12.1 Å². The van der Waals surface area contributed by atoms with Gasteiger partial charge in [0.25, 0.3) is 0 Å². The van der Waals surface area contributed by atoms with Crippen LogP contribution in [-0.2, 0) is 6.54 Å². The first kappa shape index (κ1) is 15.6. The number of nitrogens with one attached hydrogen (secondary N) is 1. The Morgan fingerprint density at radius 3 is 3.08 bits per heavy atom. The molecule has 0 saturated carbocycles. The molecule has 1 aliphatic heterocycles. The van der Waals surface area contributed by atoms with E-state index in [4.69, 9.17) is 9.68 Å². The van der Waals surface area contributed by atoms with Crippen molar-refractivity contribution in [1.82, 2.24) is 14.9 Å². The highest BCUT2D eigenvalue weighted by Crippen LogP contribution is 2.21. The zero-order chi connectivity index (χ0) is 17.1. The molecule has 1 atom stereocenters. The van der Waals surface area contributed by atoms with Crippen molar-refractivity contribution in [2.45, 2.75) is 13.0 Å². The third kappa shape index (κ3) is 3.47. The van der Waals surface area contributed by atoms with Crippen molar-refractivity contribution in [1.29, 1.82) is 5.26 Å². The molecule has 126 valence electrons. The van der Waals surface area contributed by atoms with Crippen molar-refractivity contribution in [2.24, 2.45) is 5.92 Å². The van der Waals surface area contributed by atoms with Gasteiger partial charge in [0, 0.05) is 19.3 Å². The molecule has 1 N–H and O–H groups in total. The summed E-state index contributed by atoms with van der Waals surface area (Å²) in [6.07, 6.45) is 2.82. The van der Waals surface area contributed by atoms with Crippen LogP contribution in [0.2, 0.25) is 0 Å². The number of hydrogen-bond acceptors (Lipinski definition) is 6. The number of benzene rings is 1. The molecule has 4 rings (SSSR count). The van der Waals surface area contributed by atoms with Gasteiger partial charge in [0.2, 0.25) is 5.89 Å². The second kappa shape index (κ2) is 6.91. The molecule has 1 fully saturated rings. The number of hydrogen-bond donors (Lipinski definition) is 1. The number of aromatic nitrogens is 2. The molecule has 0 amide bonds. The first-order valence-corrected chi connectivity index (χ1v) is 8.47. The molecule has 0 aliphatic carbocycles. The first-order chi connectivity index (χ1) is 12.3. The maximum Gasteiger partial charge on any atom is 0.209 e. The van der Waals surface area contributed by atoms with Gasteiger partial charge in [-0.2, -0.15) is 5.26 Å². The van der Waals surface area contributed by atoms with Crippen LogP contribution in [-0.4, -0.2) is 34.5 Å². The number of rotatable bonds is 5. The van der Waals surface area contributed by atoms with Crippen molar-refractivity contribution in [2.75, 3.05) is 25.0 Å². The van der Waals surface area contributed by atoms with Gasteiger partial charge < -0.3 is 9.73 Å². The van der Waals surface area contributed by atoms with Gasteiger partial charge in [0.05, 0.1) is 12.1 Å². The summed E-state index contributed by atoms with van der Waals surface area (Å²) < 4.78 is 5.81. The van der Waals surface area contributed by atoms with Gasteiger partial charge in [0.1, 0.15) is 17.4 Å². The molecule has 25 heavy (non-hydrogen) atoms. The third-order valence-electron chi connectivity index (χ3n) is 4.55. The predicted octanol–water partition coefficient (Wildman–Crippen LogP) is 3.03. The molecule has 1 aliphatic rings. The Hall–Kier alpha value is -2.91. The summed E-state index contributed by atoms with van der Waals surface area (Å²) in [6.45, 7) is 3.56. The summed E-state index contributed by atoms with van der Waals surface area (Å²) in [5.41, 5.74) is 2.34. The Balaban J connectivity index is 1.33. The first-order valence-electron chi connectivity index (χ1n) is 8.47. The fourth-order valence-corrected chi connectivity index (χ4v) is 3.28. The Kier molecular flexibility index (Phi) is 4.32. The van der Waals surface area contributed by atoms with Crippen molar-refractivity contribution in [3.63, 3.8) is 0 Å². The van der Waals surface area contributed by atoms with Crippen molar-refractivity contribution < 1.29 is 4.42 Å². The highest BCUT2D eigenvalue weighted by atomic mass is 16.3. The van der Waals surface area contributed by atoms with E-state index in [1.165, 1.54) is 0 Å². The normalized spacial score (nSPS) is 17.6. The molecule has 6 heteroatoms. The second-order valence-electron chi connectivity index (χ2n) is 6.36. The van der Waals surface area contributed by atoms with E-state index in [0.717, 1.165) is 49.6 Å². The van der Waals surface area contributed by atoms with E-state index in [1.807, 2.05) is 24.3 Å². The predicted molar refractivity (Wildman–Crippen MR) is 94.8 cm³/mol. The number of anilines is 1. The topological polar surface area (TPSA) is 78.0 Å². The molecule has 0 unspecified atom stereocenters. The van der Waals surface area contributed by atoms with Crippen LogP contribution in [0, 0.1) is 17.2 Å². The van der Waals surface area contributed by atoms with Crippen LogP contribution in [0.5, 0.6) is 0 Å². The zero-order valence-electron chi connectivity index (χ0n) is 13.9. The van der Waals surface area contributed by atoms with E-state index in [9.17, 15) is 0 Å². The van der Waals surface area contributed by atoms with Crippen LogP contribution in [0.15, 0.2) is 47.0 Å². The Morgan fingerprint density at radius 2 is 2.20 bits per heavy atom. The van der Waals surface area contributed by atoms with Crippen LogP contribution in [0.4, 0.5) is 5.82 Å². The molecular formula is C19H19N5O. The van der Waals surface area contributed by atoms with Gasteiger partial charge in [-0.3, -0.25) is 4.90 Å². The monoisotopic (exact) mass is 333 g/mol. The van der Waals surface area contributed by atoms with E-state index in [2.05, 4.69) is 26.3 Å². The molecular weight excluding hydrogens is 314 g/mol. The van der Waals surface area contributed by atoms with Crippen molar-refractivity contribution in [3.05, 3.63) is 54.0 Å². The summed E-state index contributed by atoms with van der Waals surface area (Å²) in [7, 11) is 0. The van der Waals surface area contributed by atoms with Gasteiger partial charge in [-0.15, -0.1) is 0 Å². The van der Waals surface area contributed by atoms with Crippen LogP contribution in [0.25, 0.3) is 11.1 Å². The number of nitrogens with zero attached hydrogens (tertiary/aromatic N) is 4. The maximum atomic E-state index is 9.12. The number of pyridine rings is 1. The third-order valence-corrected chi connectivity index (χ3v) is 4.55. The molecule has 0 bridgehead atoms. The van der Waals surface area contributed by atoms with Crippen LogP contribution < -0.4 is 5.32 Å². The molecule has 1 aromatic carbocycles. The average molecular weight is 333 g/mol. The summed E-state index contributed by atoms with van der Waals surface area (Å²) in [5, 5.41) is 12.4. The lowest BCUT2D eigenvalue weighted by Gasteiger charge is -2.15. The van der Waals surface area contributed by atoms with Gasteiger partial charge in [0.15, 0.2) is 5.58 Å². The minimum atomic E-state index is 0.526. The highest BCUT2D eigenvalue weighted by Gasteiger charge is 2.24. The number of likely N-dealkylation sites (tertiary alicyclic amines) is 1. The molecule has 0 spiro atoms. The lowest BCUT2D eigenvalue weighted by molar-refractivity contribution is 0.286. The smallest absolute Gasteiger partial charge is 0.209 e. The van der Waals surface area contributed by atoms with Gasteiger partial charge in [-0.05, 0) is 43.1 Å². The van der Waals surface area contributed by atoms with Crippen LogP contribution in [0.3, 0.4) is 0 Å². The number of nitriles is 1. The minimum Gasteiger partial charge on any atom is -0.439 e. The van der Waals surface area contributed by atoms with E-state index < -0.39 is 0 Å². The molecule has 2 aromatic heterocycles. The van der Waals surface area contributed by atoms with Crippen LogP contribution in [0.1, 0.15) is 17.9 Å². The number of fused-ring (bicyclic) bond motifs is 1. The molecule has 3 heterocycles. The number of oxazole rings is 1. The zero-order valence-corrected chi connectivity index (χ0v) is 13.9. The van der Waals surface area contributed by atoms with Gasteiger partial charge in [-0.25, -0.2) is 9.97 Å². The Morgan fingerprint density at radius 1 is 1.28 bits per heavy atom. The maximum absolute atomic E-state index is 9.12. The van der Waals surface area contributed by atoms with Crippen LogP contribution >= 0.6 is 0 Å².